The Hall–Kier alpha value is -4.03. The van der Waals surface area contributed by atoms with Gasteiger partial charge in [0.1, 0.15) is 5.56 Å². The van der Waals surface area contributed by atoms with Crippen LogP contribution in [-0.4, -0.2) is 57.5 Å². The van der Waals surface area contributed by atoms with Gasteiger partial charge in [0, 0.05) is 24.2 Å². The maximum Gasteiger partial charge on any atom is 0.422 e. The average Bonchev–Trinajstić information content (AvgIpc) is 3.62. The number of alkyl halides is 3. The number of aliphatic hydroxyl groups excluding tert-OH is 1. The van der Waals surface area contributed by atoms with E-state index in [9.17, 15) is 23.1 Å². The topological polar surface area (TPSA) is 115 Å². The first-order chi connectivity index (χ1) is 19.2. The Labute approximate surface area is 227 Å². The van der Waals surface area contributed by atoms with E-state index >= 15 is 0 Å². The average molecular weight is 557 g/mol. The van der Waals surface area contributed by atoms with Gasteiger partial charge in [0.25, 0.3) is 5.89 Å². The summed E-state index contributed by atoms with van der Waals surface area (Å²) < 4.78 is 57.3. The van der Waals surface area contributed by atoms with E-state index in [1.807, 2.05) is 4.90 Å². The van der Waals surface area contributed by atoms with Crippen LogP contribution in [0.4, 0.5) is 13.2 Å². The molecule has 9 nitrogen and oxygen atoms in total. The fourth-order valence-electron chi connectivity index (χ4n) is 4.80. The quantitative estimate of drug-likeness (QED) is 0.286. The van der Waals surface area contributed by atoms with E-state index in [1.54, 1.807) is 49.4 Å². The first-order valence-electron chi connectivity index (χ1n) is 12.9. The van der Waals surface area contributed by atoms with E-state index in [0.717, 1.165) is 19.4 Å². The molecular formula is C28H27F3N4O5. The van der Waals surface area contributed by atoms with E-state index in [-0.39, 0.29) is 23.3 Å². The summed E-state index contributed by atoms with van der Waals surface area (Å²) >= 11 is 0. The van der Waals surface area contributed by atoms with E-state index < -0.39 is 35.2 Å². The number of β-amino-alcohol motifs (C(OH)–C–C–N with tert-alkyl or cyclic N) is 1. The highest BCUT2D eigenvalue weighted by Gasteiger charge is 2.42. The fourth-order valence-corrected chi connectivity index (χ4v) is 4.80. The number of benzene rings is 2. The highest BCUT2D eigenvalue weighted by molar-refractivity contribution is 5.73. The van der Waals surface area contributed by atoms with Crippen molar-refractivity contribution < 1.29 is 36.9 Å². The Morgan fingerprint density at radius 2 is 1.85 bits per heavy atom. The third kappa shape index (κ3) is 5.92. The second-order valence-corrected chi connectivity index (χ2v) is 9.51. The molecule has 0 bridgehead atoms. The van der Waals surface area contributed by atoms with Gasteiger partial charge in [-0.2, -0.15) is 18.2 Å². The summed E-state index contributed by atoms with van der Waals surface area (Å²) in [6.45, 7) is 3.75. The van der Waals surface area contributed by atoms with Crippen molar-refractivity contribution in [2.24, 2.45) is 5.92 Å². The SMILES string of the molecule is CCOC(=O)C1CCCN(CC(O)c2ccc(-c3noc(-c4noc(-c5ccccc5)c4C(F)(F)F)n3)cc2)C1. The van der Waals surface area contributed by atoms with Crippen LogP contribution in [0.3, 0.4) is 0 Å². The van der Waals surface area contributed by atoms with Crippen LogP contribution >= 0.6 is 0 Å². The number of likely N-dealkylation sites (tertiary alicyclic amines) is 1. The van der Waals surface area contributed by atoms with Crippen molar-refractivity contribution in [3.8, 4) is 34.3 Å². The molecule has 12 heteroatoms. The van der Waals surface area contributed by atoms with E-state index in [4.69, 9.17) is 13.8 Å². The molecule has 1 aliphatic rings. The maximum atomic E-state index is 14.0. The zero-order valence-corrected chi connectivity index (χ0v) is 21.6. The van der Waals surface area contributed by atoms with E-state index in [1.165, 1.54) is 12.1 Å². The number of hydrogen-bond donors (Lipinski definition) is 1. The van der Waals surface area contributed by atoms with Crippen molar-refractivity contribution in [2.45, 2.75) is 32.0 Å². The molecule has 2 aromatic heterocycles. The molecular weight excluding hydrogens is 529 g/mol. The molecule has 0 aliphatic carbocycles. The van der Waals surface area contributed by atoms with Gasteiger partial charge in [-0.05, 0) is 31.9 Å². The Kier molecular flexibility index (Phi) is 7.99. The number of halogens is 3. The lowest BCUT2D eigenvalue weighted by molar-refractivity contribution is -0.150. The molecule has 0 amide bonds. The summed E-state index contributed by atoms with van der Waals surface area (Å²) in [4.78, 5) is 18.3. The monoisotopic (exact) mass is 556 g/mol. The Morgan fingerprint density at radius 3 is 2.55 bits per heavy atom. The van der Waals surface area contributed by atoms with Gasteiger partial charge >= 0.3 is 12.1 Å². The number of piperidine rings is 1. The van der Waals surface area contributed by atoms with Gasteiger partial charge in [0.15, 0.2) is 11.5 Å². The number of nitrogens with zero attached hydrogens (tertiary/aromatic N) is 4. The standard InChI is InChI=1S/C28H27F3N4O5/c1-2-38-27(37)20-9-6-14-35(15-20)16-21(36)17-10-12-19(13-11-17)25-32-26(40-34-25)23-22(28(29,30)31)24(39-33-23)18-7-4-3-5-8-18/h3-5,7-8,10-13,20-21,36H,2,6,9,14-16H2,1H3. The first-order valence-corrected chi connectivity index (χ1v) is 12.9. The molecule has 0 radical (unpaired) electrons. The van der Waals surface area contributed by atoms with Gasteiger partial charge < -0.3 is 18.9 Å². The number of ether oxygens (including phenoxy) is 1. The highest BCUT2D eigenvalue weighted by Crippen LogP contribution is 2.43. The second kappa shape index (κ2) is 11.6. The Balaban J connectivity index is 1.30. The van der Waals surface area contributed by atoms with Gasteiger partial charge in [-0.1, -0.05) is 64.9 Å². The summed E-state index contributed by atoms with van der Waals surface area (Å²) in [7, 11) is 0. The van der Waals surface area contributed by atoms with Crippen molar-refractivity contribution in [1.29, 1.82) is 0 Å². The van der Waals surface area contributed by atoms with E-state index in [2.05, 4.69) is 15.3 Å². The number of aliphatic hydroxyl groups is 1. The lowest BCUT2D eigenvalue weighted by Crippen LogP contribution is -2.41. The van der Waals surface area contributed by atoms with Crippen LogP contribution in [0, 0.1) is 5.92 Å². The third-order valence-electron chi connectivity index (χ3n) is 6.75. The summed E-state index contributed by atoms with van der Waals surface area (Å²) in [6.07, 6.45) is -3.99. The molecule has 1 aliphatic heterocycles. The number of carbonyl (C=O) groups is 1. The second-order valence-electron chi connectivity index (χ2n) is 9.51. The first kappa shape index (κ1) is 27.5. The number of aromatic nitrogens is 3. The van der Waals surface area contributed by atoms with Crippen LogP contribution < -0.4 is 0 Å². The smallest absolute Gasteiger partial charge is 0.422 e. The number of carbonyl (C=O) groups excluding carboxylic acids is 1. The van der Waals surface area contributed by atoms with Crippen molar-refractivity contribution in [3.05, 3.63) is 65.7 Å². The molecule has 1 fully saturated rings. The van der Waals surface area contributed by atoms with E-state index in [0.29, 0.717) is 30.8 Å². The van der Waals surface area contributed by atoms with Gasteiger partial charge in [-0.25, -0.2) is 0 Å². The predicted octanol–water partition coefficient (Wildman–Crippen LogP) is 5.39. The molecule has 2 atom stereocenters. The number of esters is 1. The van der Waals surface area contributed by atoms with Crippen LogP contribution in [0.25, 0.3) is 34.3 Å². The molecule has 0 spiro atoms. The van der Waals surface area contributed by atoms with Crippen LogP contribution in [-0.2, 0) is 15.7 Å². The molecule has 0 saturated carbocycles. The number of rotatable bonds is 8. The van der Waals surface area contributed by atoms with Crippen LogP contribution in [0.1, 0.15) is 37.0 Å². The lowest BCUT2D eigenvalue weighted by atomic mass is 9.97. The van der Waals surface area contributed by atoms with Crippen molar-refractivity contribution >= 4 is 5.97 Å². The Morgan fingerprint density at radius 1 is 1.10 bits per heavy atom. The molecule has 1 N–H and O–H groups in total. The summed E-state index contributed by atoms with van der Waals surface area (Å²) in [5.74, 6) is -1.24. The highest BCUT2D eigenvalue weighted by atomic mass is 19.4. The van der Waals surface area contributed by atoms with Crippen molar-refractivity contribution in [2.75, 3.05) is 26.2 Å². The van der Waals surface area contributed by atoms with Crippen molar-refractivity contribution in [1.82, 2.24) is 20.2 Å². The normalized spacial score (nSPS) is 17.1. The number of hydrogen-bond acceptors (Lipinski definition) is 9. The third-order valence-corrected chi connectivity index (χ3v) is 6.75. The molecule has 5 rings (SSSR count). The largest absolute Gasteiger partial charge is 0.466 e. The molecule has 40 heavy (non-hydrogen) atoms. The van der Waals surface area contributed by atoms with Crippen LogP contribution in [0.5, 0.6) is 0 Å². The molecule has 3 heterocycles. The Bertz CT molecular complexity index is 1440. The molecule has 1 saturated heterocycles. The van der Waals surface area contributed by atoms with Crippen LogP contribution in [0.15, 0.2) is 63.6 Å². The van der Waals surface area contributed by atoms with Gasteiger partial charge in [0.2, 0.25) is 5.82 Å². The zero-order valence-electron chi connectivity index (χ0n) is 21.6. The summed E-state index contributed by atoms with van der Waals surface area (Å²) in [6, 6.07) is 14.5. The maximum absolute atomic E-state index is 14.0. The van der Waals surface area contributed by atoms with Crippen molar-refractivity contribution in [3.63, 3.8) is 0 Å². The zero-order chi connectivity index (χ0) is 28.3. The summed E-state index contributed by atoms with van der Waals surface area (Å²) in [5.41, 5.74) is -0.376. The minimum absolute atomic E-state index is 0.0572. The molecule has 2 aromatic carbocycles. The minimum Gasteiger partial charge on any atom is -0.466 e. The molecule has 210 valence electrons. The van der Waals surface area contributed by atoms with Gasteiger partial charge in [0.05, 0.1) is 18.6 Å². The fraction of sp³-hybridized carbons (Fsp3) is 0.357. The van der Waals surface area contributed by atoms with Gasteiger partial charge in [-0.3, -0.25) is 9.69 Å². The molecule has 4 aromatic rings. The lowest BCUT2D eigenvalue weighted by Gasteiger charge is -2.32. The van der Waals surface area contributed by atoms with Crippen LogP contribution in [0.2, 0.25) is 0 Å². The predicted molar refractivity (Wildman–Crippen MR) is 136 cm³/mol. The molecule has 2 unspecified atom stereocenters. The van der Waals surface area contributed by atoms with Gasteiger partial charge in [-0.15, -0.1) is 0 Å². The summed E-state index contributed by atoms with van der Waals surface area (Å²) in [5, 5.41) is 18.2. The minimum atomic E-state index is -4.78.